The van der Waals surface area contributed by atoms with Gasteiger partial charge in [0.25, 0.3) is 0 Å². The van der Waals surface area contributed by atoms with Crippen LogP contribution in [0.25, 0.3) is 0 Å². The predicted octanol–water partition coefficient (Wildman–Crippen LogP) is 0.762. The molecule has 1 aromatic heterocycles. The van der Waals surface area contributed by atoms with Crippen LogP contribution in [0.4, 0.5) is 5.82 Å². The Morgan fingerprint density at radius 2 is 2.25 bits per heavy atom. The van der Waals surface area contributed by atoms with Gasteiger partial charge in [-0.05, 0) is 30.9 Å². The zero-order valence-corrected chi connectivity index (χ0v) is 11.6. The lowest BCUT2D eigenvalue weighted by Crippen LogP contribution is -2.57. The van der Waals surface area contributed by atoms with Gasteiger partial charge in [-0.15, -0.1) is 0 Å². The number of nitrogens with zero attached hydrogens (tertiary/aromatic N) is 2. The van der Waals surface area contributed by atoms with E-state index in [1.54, 1.807) is 0 Å². The van der Waals surface area contributed by atoms with Crippen molar-refractivity contribution in [1.29, 1.82) is 0 Å². The zero-order chi connectivity index (χ0) is 13.6. The van der Waals surface area contributed by atoms with Gasteiger partial charge in [-0.1, -0.05) is 6.07 Å². The molecule has 3 aliphatic rings. The number of pyridine rings is 1. The van der Waals surface area contributed by atoms with Crippen molar-refractivity contribution in [3.8, 4) is 0 Å². The number of nitrogens with one attached hydrogen (secondary N) is 2. The summed E-state index contributed by atoms with van der Waals surface area (Å²) in [4.78, 5) is 19.1. The number of carbonyl (C=O) groups excluding carboxylic acids is 1. The van der Waals surface area contributed by atoms with E-state index in [-0.39, 0.29) is 5.41 Å². The molecule has 1 amide bonds. The van der Waals surface area contributed by atoms with Crippen LogP contribution in [0.15, 0.2) is 12.1 Å². The average molecular weight is 272 g/mol. The molecule has 106 valence electrons. The minimum atomic E-state index is -0.0908. The lowest BCUT2D eigenvalue weighted by Gasteiger charge is -2.37. The van der Waals surface area contributed by atoms with Crippen LogP contribution in [0.3, 0.4) is 0 Å². The van der Waals surface area contributed by atoms with Crippen molar-refractivity contribution in [2.24, 2.45) is 5.41 Å². The predicted molar refractivity (Wildman–Crippen MR) is 76.4 cm³/mol. The molecule has 0 aliphatic carbocycles. The highest BCUT2D eigenvalue weighted by Gasteiger charge is 2.50. The van der Waals surface area contributed by atoms with Crippen LogP contribution in [0.5, 0.6) is 0 Å². The van der Waals surface area contributed by atoms with Gasteiger partial charge < -0.3 is 15.5 Å². The summed E-state index contributed by atoms with van der Waals surface area (Å²) in [5.74, 6) is 1.32. The first-order valence-corrected chi connectivity index (χ1v) is 7.50. The summed E-state index contributed by atoms with van der Waals surface area (Å²) in [7, 11) is 0. The van der Waals surface area contributed by atoms with E-state index in [2.05, 4.69) is 27.8 Å². The van der Waals surface area contributed by atoms with E-state index in [1.165, 1.54) is 12.0 Å². The molecule has 2 fully saturated rings. The molecular formula is C15H20N4O. The summed E-state index contributed by atoms with van der Waals surface area (Å²) in [5.41, 5.74) is 2.20. The van der Waals surface area contributed by atoms with Crippen LogP contribution in [0.1, 0.15) is 24.1 Å². The molecule has 0 radical (unpaired) electrons. The topological polar surface area (TPSA) is 57.3 Å². The second-order valence-electron chi connectivity index (χ2n) is 6.20. The second-order valence-corrected chi connectivity index (χ2v) is 6.20. The van der Waals surface area contributed by atoms with Gasteiger partial charge in [-0.2, -0.15) is 0 Å². The van der Waals surface area contributed by atoms with Gasteiger partial charge in [0.05, 0.1) is 17.7 Å². The van der Waals surface area contributed by atoms with Crippen molar-refractivity contribution in [3.63, 3.8) is 0 Å². The fourth-order valence-corrected chi connectivity index (χ4v) is 3.45. The third-order valence-electron chi connectivity index (χ3n) is 4.83. The molecule has 0 atom stereocenters. The molecule has 5 heteroatoms. The Kier molecular flexibility index (Phi) is 2.70. The first kappa shape index (κ1) is 12.1. The average Bonchev–Trinajstić information content (AvgIpc) is 2.76. The second kappa shape index (κ2) is 4.45. The van der Waals surface area contributed by atoms with Crippen LogP contribution >= 0.6 is 0 Å². The Balaban J connectivity index is 1.50. The third-order valence-corrected chi connectivity index (χ3v) is 4.83. The van der Waals surface area contributed by atoms with Gasteiger partial charge >= 0.3 is 0 Å². The molecule has 20 heavy (non-hydrogen) atoms. The molecule has 1 spiro atoms. The summed E-state index contributed by atoms with van der Waals surface area (Å²) in [6, 6.07) is 4.23. The molecule has 5 nitrogen and oxygen atoms in total. The fraction of sp³-hybridized carbons (Fsp3) is 0.600. The number of anilines is 1. The number of amides is 1. The first-order chi connectivity index (χ1) is 9.77. The van der Waals surface area contributed by atoms with Crippen molar-refractivity contribution < 1.29 is 4.79 Å². The third kappa shape index (κ3) is 1.80. The molecule has 1 aromatic rings. The molecule has 4 heterocycles. The quantitative estimate of drug-likeness (QED) is 0.834. The van der Waals surface area contributed by atoms with E-state index in [0.717, 1.165) is 50.5 Å². The summed E-state index contributed by atoms with van der Waals surface area (Å²) in [6.07, 6.45) is 3.27. The normalized spacial score (nSPS) is 23.4. The molecule has 2 saturated heterocycles. The molecule has 3 aliphatic heterocycles. The molecule has 4 rings (SSSR count). The highest BCUT2D eigenvalue weighted by atomic mass is 16.2. The Morgan fingerprint density at radius 3 is 3.00 bits per heavy atom. The highest BCUT2D eigenvalue weighted by molar-refractivity contribution is 5.86. The number of fused-ring (bicyclic) bond motifs is 1. The number of rotatable bonds is 2. The Morgan fingerprint density at radius 1 is 1.35 bits per heavy atom. The van der Waals surface area contributed by atoms with Crippen LogP contribution in [0, 0.1) is 5.41 Å². The summed E-state index contributed by atoms with van der Waals surface area (Å²) in [5, 5.41) is 6.58. The minimum absolute atomic E-state index is 0.0908. The van der Waals surface area contributed by atoms with Crippen molar-refractivity contribution in [2.75, 3.05) is 31.5 Å². The van der Waals surface area contributed by atoms with Gasteiger partial charge in [0, 0.05) is 26.2 Å². The Bertz CT molecular complexity index is 553. The molecular weight excluding hydrogens is 252 g/mol. The maximum absolute atomic E-state index is 12.4. The largest absolute Gasteiger partial charge is 0.370 e. The zero-order valence-electron chi connectivity index (χ0n) is 11.6. The van der Waals surface area contributed by atoms with E-state index < -0.39 is 0 Å². The minimum Gasteiger partial charge on any atom is -0.370 e. The van der Waals surface area contributed by atoms with Gasteiger partial charge in [0.1, 0.15) is 5.82 Å². The first-order valence-electron chi connectivity index (χ1n) is 7.50. The monoisotopic (exact) mass is 272 g/mol. The van der Waals surface area contributed by atoms with Crippen molar-refractivity contribution in [1.82, 2.24) is 15.2 Å². The lowest BCUT2D eigenvalue weighted by atomic mass is 9.80. The number of aryl methyl sites for hydroxylation is 1. The van der Waals surface area contributed by atoms with Gasteiger partial charge in [-0.25, -0.2) is 4.98 Å². The van der Waals surface area contributed by atoms with Crippen molar-refractivity contribution >= 4 is 11.7 Å². The van der Waals surface area contributed by atoms with E-state index in [9.17, 15) is 4.79 Å². The Labute approximate surface area is 118 Å². The fourth-order valence-electron chi connectivity index (χ4n) is 3.45. The standard InChI is InChI=1S/C15H20N4O/c20-14-15(9-16-10-15)5-7-19(14)8-12-4-3-11-2-1-6-17-13(11)18-12/h3-4,16H,1-2,5-10H2,(H,17,18). The highest BCUT2D eigenvalue weighted by Crippen LogP contribution is 2.36. The summed E-state index contributed by atoms with van der Waals surface area (Å²) in [6.45, 7) is 4.21. The number of likely N-dealkylation sites (tertiary alicyclic amines) is 1. The van der Waals surface area contributed by atoms with Gasteiger partial charge in [0.15, 0.2) is 0 Å². The van der Waals surface area contributed by atoms with Crippen LogP contribution in [0.2, 0.25) is 0 Å². The van der Waals surface area contributed by atoms with Gasteiger partial charge in [-0.3, -0.25) is 4.79 Å². The van der Waals surface area contributed by atoms with E-state index in [1.807, 2.05) is 4.90 Å². The molecule has 0 saturated carbocycles. The number of aromatic nitrogens is 1. The smallest absolute Gasteiger partial charge is 0.231 e. The molecule has 0 unspecified atom stereocenters. The molecule has 2 N–H and O–H groups in total. The Hall–Kier alpha value is -1.62. The van der Waals surface area contributed by atoms with Crippen LogP contribution in [-0.4, -0.2) is 42.0 Å². The summed E-state index contributed by atoms with van der Waals surface area (Å²) >= 11 is 0. The van der Waals surface area contributed by atoms with E-state index >= 15 is 0 Å². The van der Waals surface area contributed by atoms with Crippen LogP contribution < -0.4 is 10.6 Å². The molecule has 0 bridgehead atoms. The summed E-state index contributed by atoms with van der Waals surface area (Å²) < 4.78 is 0. The van der Waals surface area contributed by atoms with Gasteiger partial charge in [0.2, 0.25) is 5.91 Å². The van der Waals surface area contributed by atoms with Crippen LogP contribution in [-0.2, 0) is 17.8 Å². The maximum Gasteiger partial charge on any atom is 0.231 e. The van der Waals surface area contributed by atoms with E-state index in [4.69, 9.17) is 0 Å². The molecule has 0 aromatic carbocycles. The lowest BCUT2D eigenvalue weighted by molar-refractivity contribution is -0.138. The van der Waals surface area contributed by atoms with E-state index in [0.29, 0.717) is 12.5 Å². The SMILES string of the molecule is O=C1N(Cc2ccc3c(n2)NCCC3)CCC12CNC2. The van der Waals surface area contributed by atoms with Crippen molar-refractivity contribution in [3.05, 3.63) is 23.4 Å². The number of hydrogen-bond acceptors (Lipinski definition) is 4. The number of hydrogen-bond donors (Lipinski definition) is 2. The van der Waals surface area contributed by atoms with Crippen molar-refractivity contribution in [2.45, 2.75) is 25.8 Å². The maximum atomic E-state index is 12.4. The number of carbonyl (C=O) groups is 1.